The lowest BCUT2D eigenvalue weighted by molar-refractivity contribution is 0.110. The van der Waals surface area contributed by atoms with E-state index in [1.165, 1.54) is 0 Å². The molecular weight excluding hydrogens is 280 g/mol. The van der Waals surface area contributed by atoms with Crippen molar-refractivity contribution in [1.29, 1.82) is 0 Å². The highest BCUT2D eigenvalue weighted by Crippen LogP contribution is 2.29. The number of benzene rings is 1. The molecule has 0 radical (unpaired) electrons. The topological polar surface area (TPSA) is 49.5 Å². The molecule has 104 valence electrons. The molecule has 1 heterocycles. The number of rotatable bonds is 3. The highest BCUT2D eigenvalue weighted by atomic mass is 35.5. The van der Waals surface area contributed by atoms with E-state index >= 15 is 0 Å². The summed E-state index contributed by atoms with van der Waals surface area (Å²) in [4.78, 5) is 2.64. The van der Waals surface area contributed by atoms with Crippen molar-refractivity contribution in [3.8, 4) is 0 Å². The van der Waals surface area contributed by atoms with Crippen molar-refractivity contribution in [3.05, 3.63) is 28.8 Å². The fraction of sp³-hybridized carbons (Fsp3) is 0.500. The van der Waals surface area contributed by atoms with Gasteiger partial charge in [-0.1, -0.05) is 23.8 Å². The van der Waals surface area contributed by atoms with Gasteiger partial charge in [-0.15, -0.1) is 0 Å². The Morgan fingerprint density at radius 2 is 2.11 bits per heavy atom. The zero-order chi connectivity index (χ0) is 14.0. The molecule has 1 fully saturated rings. The van der Waals surface area contributed by atoms with Crippen LogP contribution in [0, 0.1) is 5.92 Å². The highest BCUT2D eigenvalue weighted by Gasteiger charge is 2.24. The molecule has 0 saturated carbocycles. The summed E-state index contributed by atoms with van der Waals surface area (Å²) >= 11 is 11.1. The minimum absolute atomic E-state index is 0.234. The molecule has 0 aromatic heterocycles. The summed E-state index contributed by atoms with van der Waals surface area (Å²) in [5.41, 5.74) is 7.65. The van der Waals surface area contributed by atoms with Crippen molar-refractivity contribution >= 4 is 34.5 Å². The maximum Gasteiger partial charge on any atom is 0.106 e. The van der Waals surface area contributed by atoms with Gasteiger partial charge in [-0.05, 0) is 43.9 Å². The molecule has 19 heavy (non-hydrogen) atoms. The van der Waals surface area contributed by atoms with Crippen molar-refractivity contribution in [3.63, 3.8) is 0 Å². The lowest BCUT2D eigenvalue weighted by Crippen LogP contribution is -2.38. The lowest BCUT2D eigenvalue weighted by atomic mass is 9.91. The Kier molecular flexibility index (Phi) is 4.66. The van der Waals surface area contributed by atoms with Gasteiger partial charge >= 0.3 is 0 Å². The Morgan fingerprint density at radius 1 is 1.47 bits per heavy atom. The summed E-state index contributed by atoms with van der Waals surface area (Å²) in [6.45, 7) is 3.68. The number of aliphatic hydroxyl groups excluding tert-OH is 1. The summed E-state index contributed by atoms with van der Waals surface area (Å²) in [5, 5.41) is 10.3. The molecule has 2 rings (SSSR count). The van der Waals surface area contributed by atoms with Gasteiger partial charge in [-0.3, -0.25) is 0 Å². The first-order chi connectivity index (χ1) is 8.99. The molecule has 3 N–H and O–H groups in total. The molecule has 1 saturated heterocycles. The maximum atomic E-state index is 9.64. The Balaban J connectivity index is 2.17. The van der Waals surface area contributed by atoms with Crippen molar-refractivity contribution < 1.29 is 5.11 Å². The molecule has 0 aliphatic carbocycles. The number of anilines is 1. The average Bonchev–Trinajstić information content (AvgIpc) is 2.38. The smallest absolute Gasteiger partial charge is 0.106 e. The number of halogens is 1. The normalized spacial score (nSPS) is 18.4. The van der Waals surface area contributed by atoms with E-state index < -0.39 is 0 Å². The lowest BCUT2D eigenvalue weighted by Gasteiger charge is -2.35. The number of piperidine rings is 1. The second-order valence-corrected chi connectivity index (χ2v) is 5.97. The predicted octanol–water partition coefficient (Wildman–Crippen LogP) is 2.57. The minimum atomic E-state index is -0.234. The van der Waals surface area contributed by atoms with Gasteiger partial charge < -0.3 is 15.7 Å². The maximum absolute atomic E-state index is 9.64. The molecule has 1 aromatic rings. The van der Waals surface area contributed by atoms with Gasteiger partial charge in [-0.2, -0.15) is 0 Å². The van der Waals surface area contributed by atoms with E-state index in [9.17, 15) is 5.11 Å². The highest BCUT2D eigenvalue weighted by molar-refractivity contribution is 7.80. The summed E-state index contributed by atoms with van der Waals surface area (Å²) in [6, 6.07) is 5.65. The summed E-state index contributed by atoms with van der Waals surface area (Å²) in [7, 11) is 0. The van der Waals surface area contributed by atoms with Crippen LogP contribution in [-0.4, -0.2) is 29.3 Å². The predicted molar refractivity (Wildman–Crippen MR) is 84.0 cm³/mol. The first-order valence-corrected chi connectivity index (χ1v) is 7.30. The van der Waals surface area contributed by atoms with Gasteiger partial charge in [0.2, 0.25) is 0 Å². The van der Waals surface area contributed by atoms with Crippen molar-refractivity contribution in [2.45, 2.75) is 25.9 Å². The van der Waals surface area contributed by atoms with Crippen LogP contribution in [0.5, 0.6) is 0 Å². The van der Waals surface area contributed by atoms with Crippen molar-refractivity contribution in [1.82, 2.24) is 0 Å². The summed E-state index contributed by atoms with van der Waals surface area (Å²) < 4.78 is 0. The SMILES string of the molecule is CC(O)C1CCN(c2ccc(Cl)cc2C(N)=S)CC1. The van der Waals surface area contributed by atoms with E-state index in [2.05, 4.69) is 4.90 Å². The molecule has 1 aliphatic rings. The fourth-order valence-electron chi connectivity index (χ4n) is 2.60. The van der Waals surface area contributed by atoms with Crippen LogP contribution in [0.4, 0.5) is 5.69 Å². The molecule has 0 bridgehead atoms. The first-order valence-electron chi connectivity index (χ1n) is 6.51. The van der Waals surface area contributed by atoms with Gasteiger partial charge in [0, 0.05) is 29.4 Å². The van der Waals surface area contributed by atoms with Gasteiger partial charge in [0.1, 0.15) is 4.99 Å². The molecule has 1 unspecified atom stereocenters. The van der Waals surface area contributed by atoms with Gasteiger partial charge in [-0.25, -0.2) is 0 Å². The quantitative estimate of drug-likeness (QED) is 0.842. The number of aliphatic hydroxyl groups is 1. The number of nitrogens with two attached hydrogens (primary N) is 1. The van der Waals surface area contributed by atoms with Crippen LogP contribution in [0.25, 0.3) is 0 Å². The average molecular weight is 299 g/mol. The summed E-state index contributed by atoms with van der Waals surface area (Å²) in [6.07, 6.45) is 1.73. The minimum Gasteiger partial charge on any atom is -0.393 e. The third-order valence-corrected chi connectivity index (χ3v) is 4.24. The zero-order valence-corrected chi connectivity index (χ0v) is 12.5. The Bertz CT molecular complexity index is 471. The van der Waals surface area contributed by atoms with E-state index in [1.807, 2.05) is 25.1 Å². The molecule has 1 aromatic carbocycles. The van der Waals surface area contributed by atoms with Gasteiger partial charge in [0.05, 0.1) is 6.10 Å². The van der Waals surface area contributed by atoms with Crippen LogP contribution < -0.4 is 10.6 Å². The van der Waals surface area contributed by atoms with Crippen LogP contribution in [0.1, 0.15) is 25.3 Å². The third kappa shape index (κ3) is 3.38. The van der Waals surface area contributed by atoms with Crippen LogP contribution in [0.3, 0.4) is 0 Å². The molecule has 0 spiro atoms. The van der Waals surface area contributed by atoms with E-state index in [1.54, 1.807) is 0 Å². The molecule has 3 nitrogen and oxygen atoms in total. The van der Waals surface area contributed by atoms with Gasteiger partial charge in [0.15, 0.2) is 0 Å². The second-order valence-electron chi connectivity index (χ2n) is 5.09. The van der Waals surface area contributed by atoms with Crippen molar-refractivity contribution in [2.75, 3.05) is 18.0 Å². The molecule has 1 aliphatic heterocycles. The van der Waals surface area contributed by atoms with E-state index in [4.69, 9.17) is 29.6 Å². The van der Waals surface area contributed by atoms with Crippen LogP contribution in [0.2, 0.25) is 5.02 Å². The van der Waals surface area contributed by atoms with Crippen LogP contribution in [0.15, 0.2) is 18.2 Å². The monoisotopic (exact) mass is 298 g/mol. The molecular formula is C14H19ClN2OS. The summed E-state index contributed by atoms with van der Waals surface area (Å²) in [5.74, 6) is 0.386. The van der Waals surface area contributed by atoms with E-state index in [0.29, 0.717) is 15.9 Å². The standard InChI is InChI=1S/C14H19ClN2OS/c1-9(18)10-4-6-17(7-5-10)13-3-2-11(15)8-12(13)14(16)19/h2-3,8-10,18H,4-7H2,1H3,(H2,16,19). The number of hydrogen-bond acceptors (Lipinski definition) is 3. The molecule has 0 amide bonds. The fourth-order valence-corrected chi connectivity index (χ4v) is 2.94. The Hall–Kier alpha value is -0.840. The number of hydrogen-bond donors (Lipinski definition) is 2. The number of thiocarbonyl (C=S) groups is 1. The van der Waals surface area contributed by atoms with Gasteiger partial charge in [0.25, 0.3) is 0 Å². The molecule has 5 heteroatoms. The first kappa shape index (κ1) is 14.6. The zero-order valence-electron chi connectivity index (χ0n) is 11.0. The van der Waals surface area contributed by atoms with E-state index in [-0.39, 0.29) is 6.10 Å². The van der Waals surface area contributed by atoms with Crippen LogP contribution in [-0.2, 0) is 0 Å². The number of nitrogens with zero attached hydrogens (tertiary/aromatic N) is 1. The Labute approximate surface area is 124 Å². The van der Waals surface area contributed by atoms with Crippen LogP contribution >= 0.6 is 23.8 Å². The molecule has 1 atom stereocenters. The Morgan fingerprint density at radius 3 is 2.63 bits per heavy atom. The second kappa shape index (κ2) is 6.07. The largest absolute Gasteiger partial charge is 0.393 e. The van der Waals surface area contributed by atoms with E-state index in [0.717, 1.165) is 37.2 Å². The van der Waals surface area contributed by atoms with Crippen molar-refractivity contribution in [2.24, 2.45) is 11.7 Å². The third-order valence-electron chi connectivity index (χ3n) is 3.79.